The van der Waals surface area contributed by atoms with E-state index in [2.05, 4.69) is 5.32 Å². The van der Waals surface area contributed by atoms with E-state index < -0.39 is 0 Å². The third-order valence-corrected chi connectivity index (χ3v) is 4.94. The maximum atomic E-state index is 13.3. The molecule has 0 unspecified atom stereocenters. The zero-order chi connectivity index (χ0) is 22.9. The molecular weight excluding hydrogens is 408 g/mol. The first-order valence-electron chi connectivity index (χ1n) is 11.0. The van der Waals surface area contributed by atoms with Crippen molar-refractivity contribution in [3.05, 3.63) is 59.8 Å². The van der Waals surface area contributed by atoms with Gasteiger partial charge in [0.1, 0.15) is 17.2 Å². The van der Waals surface area contributed by atoms with E-state index in [1.807, 2.05) is 45.0 Å². The summed E-state index contributed by atoms with van der Waals surface area (Å²) in [5.41, 5.74) is 1.85. The number of imide groups is 1. The standard InChI is InChI=1S/C25H30N2O5/c1-4-30-17-9-16-27-24(28)22(18-12-14-19(15-13-18)31-5-2)23(25(27)29)26-20-10-7-8-11-21(20)32-6-3/h7-8,10-15,26H,4-6,9,16-17H2,1-3H3. The number of hydrogen-bond donors (Lipinski definition) is 1. The SMILES string of the molecule is CCOCCCN1C(=O)C(Nc2ccccc2OCC)=C(c2ccc(OCC)cc2)C1=O. The fourth-order valence-electron chi connectivity index (χ4n) is 3.50. The van der Waals surface area contributed by atoms with Gasteiger partial charge in [-0.3, -0.25) is 14.5 Å². The summed E-state index contributed by atoms with van der Waals surface area (Å²) < 4.78 is 16.6. The third kappa shape index (κ3) is 5.29. The summed E-state index contributed by atoms with van der Waals surface area (Å²) in [6.45, 7) is 8.12. The molecule has 0 fully saturated rings. The minimum atomic E-state index is -0.360. The smallest absolute Gasteiger partial charge is 0.278 e. The summed E-state index contributed by atoms with van der Waals surface area (Å²) in [6.07, 6.45) is 0.574. The molecule has 0 aliphatic carbocycles. The van der Waals surface area contributed by atoms with Gasteiger partial charge in [-0.1, -0.05) is 24.3 Å². The van der Waals surface area contributed by atoms with Crippen molar-refractivity contribution in [1.29, 1.82) is 0 Å². The number of amides is 2. The number of carbonyl (C=O) groups is 2. The van der Waals surface area contributed by atoms with Crippen LogP contribution >= 0.6 is 0 Å². The Hall–Kier alpha value is -3.32. The molecule has 32 heavy (non-hydrogen) atoms. The van der Waals surface area contributed by atoms with Gasteiger partial charge in [-0.2, -0.15) is 0 Å². The second-order valence-electron chi connectivity index (χ2n) is 7.07. The second-order valence-corrected chi connectivity index (χ2v) is 7.07. The highest BCUT2D eigenvalue weighted by atomic mass is 16.5. The summed E-state index contributed by atoms with van der Waals surface area (Å²) in [5.74, 6) is 0.635. The lowest BCUT2D eigenvalue weighted by Crippen LogP contribution is -2.34. The molecule has 0 spiro atoms. The van der Waals surface area contributed by atoms with Gasteiger partial charge in [0.2, 0.25) is 0 Å². The van der Waals surface area contributed by atoms with Crippen molar-refractivity contribution in [3.63, 3.8) is 0 Å². The van der Waals surface area contributed by atoms with E-state index in [4.69, 9.17) is 14.2 Å². The Bertz CT molecular complexity index is 969. The first-order chi connectivity index (χ1) is 15.6. The maximum Gasteiger partial charge on any atom is 0.278 e. The predicted octanol–water partition coefficient (Wildman–Crippen LogP) is 4.10. The van der Waals surface area contributed by atoms with Crippen molar-refractivity contribution in [2.75, 3.05) is 38.3 Å². The number of para-hydroxylation sites is 2. The molecule has 1 heterocycles. The van der Waals surface area contributed by atoms with Crippen LogP contribution in [0.1, 0.15) is 32.8 Å². The number of nitrogens with one attached hydrogen (secondary N) is 1. The van der Waals surface area contributed by atoms with Crippen molar-refractivity contribution >= 4 is 23.1 Å². The molecule has 7 nitrogen and oxygen atoms in total. The lowest BCUT2D eigenvalue weighted by Gasteiger charge is -2.16. The Kier molecular flexibility index (Phi) is 8.27. The minimum Gasteiger partial charge on any atom is -0.494 e. The van der Waals surface area contributed by atoms with Crippen molar-refractivity contribution < 1.29 is 23.8 Å². The number of hydrogen-bond acceptors (Lipinski definition) is 6. The van der Waals surface area contributed by atoms with E-state index in [1.54, 1.807) is 24.3 Å². The second kappa shape index (κ2) is 11.3. The quantitative estimate of drug-likeness (QED) is 0.397. The Morgan fingerprint density at radius 1 is 0.844 bits per heavy atom. The van der Waals surface area contributed by atoms with Crippen LogP contribution in [0.15, 0.2) is 54.2 Å². The van der Waals surface area contributed by atoms with Gasteiger partial charge in [-0.25, -0.2) is 0 Å². The van der Waals surface area contributed by atoms with Crippen molar-refractivity contribution in [2.45, 2.75) is 27.2 Å². The highest BCUT2D eigenvalue weighted by Crippen LogP contribution is 2.34. The molecule has 170 valence electrons. The van der Waals surface area contributed by atoms with Gasteiger partial charge in [-0.15, -0.1) is 0 Å². The Morgan fingerprint density at radius 3 is 2.25 bits per heavy atom. The van der Waals surface area contributed by atoms with Gasteiger partial charge in [0.25, 0.3) is 11.8 Å². The van der Waals surface area contributed by atoms with Gasteiger partial charge in [0, 0.05) is 19.8 Å². The van der Waals surface area contributed by atoms with Gasteiger partial charge >= 0.3 is 0 Å². The summed E-state index contributed by atoms with van der Waals surface area (Å²) in [7, 11) is 0. The highest BCUT2D eigenvalue weighted by Gasteiger charge is 2.39. The van der Waals surface area contributed by atoms with Crippen LogP contribution in [-0.4, -0.2) is 49.7 Å². The van der Waals surface area contributed by atoms with Gasteiger partial charge in [0.05, 0.1) is 24.5 Å². The summed E-state index contributed by atoms with van der Waals surface area (Å²) >= 11 is 0. The Balaban J connectivity index is 1.96. The molecule has 2 aromatic carbocycles. The molecule has 0 atom stereocenters. The molecule has 0 bridgehead atoms. The molecule has 0 aromatic heterocycles. The average molecular weight is 439 g/mol. The summed E-state index contributed by atoms with van der Waals surface area (Å²) in [6, 6.07) is 14.5. The normalized spacial score (nSPS) is 13.7. The molecule has 1 aliphatic heterocycles. The molecule has 7 heteroatoms. The van der Waals surface area contributed by atoms with E-state index in [0.717, 1.165) is 0 Å². The molecular formula is C25H30N2O5. The lowest BCUT2D eigenvalue weighted by molar-refractivity contribution is -0.137. The van der Waals surface area contributed by atoms with Crippen LogP contribution in [-0.2, 0) is 14.3 Å². The van der Waals surface area contributed by atoms with Crippen molar-refractivity contribution in [1.82, 2.24) is 4.90 Å². The van der Waals surface area contributed by atoms with Crippen LogP contribution in [0.3, 0.4) is 0 Å². The first-order valence-corrected chi connectivity index (χ1v) is 11.0. The fourth-order valence-corrected chi connectivity index (χ4v) is 3.50. The predicted molar refractivity (Wildman–Crippen MR) is 124 cm³/mol. The van der Waals surface area contributed by atoms with E-state index in [1.165, 1.54) is 4.90 Å². The van der Waals surface area contributed by atoms with Crippen LogP contribution in [0.2, 0.25) is 0 Å². The van der Waals surface area contributed by atoms with Crippen LogP contribution in [0.4, 0.5) is 5.69 Å². The molecule has 2 aromatic rings. The third-order valence-electron chi connectivity index (χ3n) is 4.94. The zero-order valence-electron chi connectivity index (χ0n) is 18.8. The van der Waals surface area contributed by atoms with E-state index in [0.29, 0.717) is 61.2 Å². The van der Waals surface area contributed by atoms with E-state index in [9.17, 15) is 9.59 Å². The minimum absolute atomic E-state index is 0.239. The number of nitrogens with zero attached hydrogens (tertiary/aromatic N) is 1. The van der Waals surface area contributed by atoms with Gasteiger partial charge in [0.15, 0.2) is 0 Å². The van der Waals surface area contributed by atoms with Gasteiger partial charge < -0.3 is 19.5 Å². The monoisotopic (exact) mass is 438 g/mol. The molecule has 1 N–H and O–H groups in total. The summed E-state index contributed by atoms with van der Waals surface area (Å²) in [4.78, 5) is 27.9. The zero-order valence-corrected chi connectivity index (χ0v) is 18.8. The molecule has 0 radical (unpaired) electrons. The van der Waals surface area contributed by atoms with Crippen molar-refractivity contribution in [3.8, 4) is 11.5 Å². The summed E-state index contributed by atoms with van der Waals surface area (Å²) in [5, 5.41) is 3.17. The van der Waals surface area contributed by atoms with Crippen LogP contribution in [0.5, 0.6) is 11.5 Å². The Morgan fingerprint density at radius 2 is 1.56 bits per heavy atom. The number of rotatable bonds is 12. The largest absolute Gasteiger partial charge is 0.494 e. The molecule has 3 rings (SSSR count). The van der Waals surface area contributed by atoms with Crippen LogP contribution in [0.25, 0.3) is 5.57 Å². The van der Waals surface area contributed by atoms with Crippen LogP contribution < -0.4 is 14.8 Å². The Labute approximate surface area is 189 Å². The highest BCUT2D eigenvalue weighted by molar-refractivity contribution is 6.36. The number of carbonyl (C=O) groups excluding carboxylic acids is 2. The number of ether oxygens (including phenoxy) is 3. The molecule has 2 amide bonds. The molecule has 0 saturated carbocycles. The van der Waals surface area contributed by atoms with Crippen molar-refractivity contribution in [2.24, 2.45) is 0 Å². The molecule has 0 saturated heterocycles. The van der Waals surface area contributed by atoms with E-state index >= 15 is 0 Å². The lowest BCUT2D eigenvalue weighted by atomic mass is 10.0. The number of anilines is 1. The average Bonchev–Trinajstić information content (AvgIpc) is 3.03. The maximum absolute atomic E-state index is 13.3. The number of benzene rings is 2. The van der Waals surface area contributed by atoms with E-state index in [-0.39, 0.29) is 24.1 Å². The molecule has 1 aliphatic rings. The van der Waals surface area contributed by atoms with Crippen LogP contribution in [0, 0.1) is 0 Å². The topological polar surface area (TPSA) is 77.1 Å². The fraction of sp³-hybridized carbons (Fsp3) is 0.360. The first kappa shape index (κ1) is 23.3. The van der Waals surface area contributed by atoms with Gasteiger partial charge in [-0.05, 0) is 57.0 Å².